The van der Waals surface area contributed by atoms with Crippen LogP contribution >= 0.6 is 0 Å². The van der Waals surface area contributed by atoms with Gasteiger partial charge in [-0.2, -0.15) is 5.26 Å². The van der Waals surface area contributed by atoms with Crippen LogP contribution in [-0.4, -0.2) is 13.1 Å². The molecule has 2 rings (SSSR count). The zero-order valence-corrected chi connectivity index (χ0v) is 8.49. The maximum Gasteiger partial charge on any atom is 0.123 e. The van der Waals surface area contributed by atoms with Crippen LogP contribution in [0.1, 0.15) is 12.8 Å². The quantitative estimate of drug-likeness (QED) is 0.703. The summed E-state index contributed by atoms with van der Waals surface area (Å²) in [5.74, 6) is -0.00707. The molecule has 0 aromatic heterocycles. The average Bonchev–Trinajstić information content (AvgIpc) is 2.30. The Morgan fingerprint density at radius 3 is 2.33 bits per heavy atom. The van der Waals surface area contributed by atoms with Gasteiger partial charge in [0.1, 0.15) is 5.82 Å². The summed E-state index contributed by atoms with van der Waals surface area (Å²) in [5.41, 5.74) is 1.05. The molecule has 1 aromatic rings. The minimum atomic E-state index is -0.203. The van der Waals surface area contributed by atoms with Gasteiger partial charge in [-0.15, -0.1) is 0 Å². The highest BCUT2D eigenvalue weighted by Crippen LogP contribution is 2.22. The molecule has 0 unspecified atom stereocenters. The topological polar surface area (TPSA) is 27.0 Å². The SMILES string of the molecule is N#CC1CCN(c2ccc(F)cc2)CC1. The number of halogens is 1. The van der Waals surface area contributed by atoms with Crippen molar-refractivity contribution >= 4 is 5.69 Å². The smallest absolute Gasteiger partial charge is 0.123 e. The molecule has 0 bridgehead atoms. The van der Waals surface area contributed by atoms with E-state index in [1.54, 1.807) is 12.1 Å². The summed E-state index contributed by atoms with van der Waals surface area (Å²) in [7, 11) is 0. The first kappa shape index (κ1) is 9.97. The highest BCUT2D eigenvalue weighted by atomic mass is 19.1. The van der Waals surface area contributed by atoms with Crippen molar-refractivity contribution in [2.45, 2.75) is 12.8 Å². The number of anilines is 1. The van der Waals surface area contributed by atoms with Crippen molar-refractivity contribution in [3.8, 4) is 6.07 Å². The zero-order valence-electron chi connectivity index (χ0n) is 8.49. The molecule has 0 aliphatic carbocycles. The molecule has 0 saturated carbocycles. The van der Waals surface area contributed by atoms with E-state index in [2.05, 4.69) is 11.0 Å². The summed E-state index contributed by atoms with van der Waals surface area (Å²) in [6, 6.07) is 8.84. The number of rotatable bonds is 1. The van der Waals surface area contributed by atoms with Crippen molar-refractivity contribution in [1.82, 2.24) is 0 Å². The molecule has 2 nitrogen and oxygen atoms in total. The van der Waals surface area contributed by atoms with Crippen LogP contribution in [0.3, 0.4) is 0 Å². The minimum absolute atomic E-state index is 0.196. The Balaban J connectivity index is 2.02. The van der Waals surface area contributed by atoms with Gasteiger partial charge >= 0.3 is 0 Å². The normalized spacial score (nSPS) is 17.5. The predicted octanol–water partition coefficient (Wildman–Crippen LogP) is 2.57. The first-order chi connectivity index (χ1) is 7.29. The van der Waals surface area contributed by atoms with Crippen LogP contribution < -0.4 is 4.90 Å². The summed E-state index contributed by atoms with van der Waals surface area (Å²) in [5, 5.41) is 8.77. The number of hydrogen-bond donors (Lipinski definition) is 0. The van der Waals surface area contributed by atoms with E-state index in [0.717, 1.165) is 31.6 Å². The standard InChI is InChI=1S/C12H13FN2/c13-11-1-3-12(4-2-11)15-7-5-10(9-14)6-8-15/h1-4,10H,5-8H2. The Morgan fingerprint density at radius 1 is 1.20 bits per heavy atom. The predicted molar refractivity (Wildman–Crippen MR) is 57.0 cm³/mol. The molecule has 0 atom stereocenters. The molecular formula is C12H13FN2. The third kappa shape index (κ3) is 2.27. The first-order valence-corrected chi connectivity index (χ1v) is 5.20. The second-order valence-corrected chi connectivity index (χ2v) is 3.87. The van der Waals surface area contributed by atoms with Crippen LogP contribution in [0.2, 0.25) is 0 Å². The number of nitrogens with zero attached hydrogens (tertiary/aromatic N) is 2. The van der Waals surface area contributed by atoms with Gasteiger partial charge in [0.05, 0.1) is 6.07 Å². The molecule has 1 heterocycles. The van der Waals surface area contributed by atoms with Gasteiger partial charge in [-0.3, -0.25) is 0 Å². The lowest BCUT2D eigenvalue weighted by atomic mass is 9.98. The highest BCUT2D eigenvalue weighted by molar-refractivity contribution is 5.46. The summed E-state index contributed by atoms with van der Waals surface area (Å²) >= 11 is 0. The largest absolute Gasteiger partial charge is 0.371 e. The van der Waals surface area contributed by atoms with Gasteiger partial charge in [0.2, 0.25) is 0 Å². The molecule has 15 heavy (non-hydrogen) atoms. The van der Waals surface area contributed by atoms with Crippen molar-refractivity contribution in [2.24, 2.45) is 5.92 Å². The van der Waals surface area contributed by atoms with E-state index in [0.29, 0.717) is 0 Å². The average molecular weight is 204 g/mol. The van der Waals surface area contributed by atoms with Gasteiger partial charge in [0, 0.05) is 24.7 Å². The van der Waals surface area contributed by atoms with E-state index in [1.165, 1.54) is 12.1 Å². The number of piperidine rings is 1. The van der Waals surface area contributed by atoms with Gasteiger partial charge in [-0.25, -0.2) is 4.39 Å². The molecule has 0 amide bonds. The van der Waals surface area contributed by atoms with E-state index >= 15 is 0 Å². The maximum absolute atomic E-state index is 12.7. The molecule has 3 heteroatoms. The molecule has 0 N–H and O–H groups in total. The second kappa shape index (κ2) is 4.31. The lowest BCUT2D eigenvalue weighted by Gasteiger charge is -2.30. The highest BCUT2D eigenvalue weighted by Gasteiger charge is 2.18. The molecule has 1 aliphatic rings. The summed E-state index contributed by atoms with van der Waals surface area (Å²) in [6.07, 6.45) is 1.82. The Kier molecular flexibility index (Phi) is 2.86. The van der Waals surface area contributed by atoms with E-state index in [9.17, 15) is 4.39 Å². The molecule has 0 spiro atoms. The third-order valence-corrected chi connectivity index (χ3v) is 2.87. The van der Waals surface area contributed by atoms with E-state index in [-0.39, 0.29) is 11.7 Å². The molecule has 1 aromatic carbocycles. The molecular weight excluding hydrogens is 191 g/mol. The third-order valence-electron chi connectivity index (χ3n) is 2.87. The number of hydrogen-bond acceptors (Lipinski definition) is 2. The van der Waals surface area contributed by atoms with Crippen molar-refractivity contribution in [2.75, 3.05) is 18.0 Å². The van der Waals surface area contributed by atoms with Crippen molar-refractivity contribution in [3.63, 3.8) is 0 Å². The van der Waals surface area contributed by atoms with Gasteiger partial charge in [0.25, 0.3) is 0 Å². The fourth-order valence-electron chi connectivity index (χ4n) is 1.92. The fourth-order valence-corrected chi connectivity index (χ4v) is 1.92. The zero-order chi connectivity index (χ0) is 10.7. The van der Waals surface area contributed by atoms with Gasteiger partial charge in [-0.1, -0.05) is 0 Å². The van der Waals surface area contributed by atoms with E-state index in [1.807, 2.05) is 0 Å². The van der Waals surface area contributed by atoms with E-state index in [4.69, 9.17) is 5.26 Å². The summed E-state index contributed by atoms with van der Waals surface area (Å²) < 4.78 is 12.7. The number of benzene rings is 1. The van der Waals surface area contributed by atoms with Gasteiger partial charge in [-0.05, 0) is 37.1 Å². The second-order valence-electron chi connectivity index (χ2n) is 3.87. The van der Waals surface area contributed by atoms with Crippen LogP contribution in [0.25, 0.3) is 0 Å². The number of nitriles is 1. The van der Waals surface area contributed by atoms with Gasteiger partial charge < -0.3 is 4.90 Å². The van der Waals surface area contributed by atoms with Crippen molar-refractivity contribution in [3.05, 3.63) is 30.1 Å². The van der Waals surface area contributed by atoms with Crippen LogP contribution in [-0.2, 0) is 0 Å². The van der Waals surface area contributed by atoms with Crippen LogP contribution in [0.4, 0.5) is 10.1 Å². The molecule has 1 aliphatic heterocycles. The monoisotopic (exact) mass is 204 g/mol. The Morgan fingerprint density at radius 2 is 1.80 bits per heavy atom. The Labute approximate surface area is 88.9 Å². The lowest BCUT2D eigenvalue weighted by molar-refractivity contribution is 0.487. The summed E-state index contributed by atoms with van der Waals surface area (Å²) in [4.78, 5) is 2.20. The van der Waals surface area contributed by atoms with Crippen LogP contribution in [0, 0.1) is 23.1 Å². The van der Waals surface area contributed by atoms with Crippen LogP contribution in [0.5, 0.6) is 0 Å². The van der Waals surface area contributed by atoms with Crippen molar-refractivity contribution in [1.29, 1.82) is 5.26 Å². The first-order valence-electron chi connectivity index (χ1n) is 5.20. The molecule has 78 valence electrons. The molecule has 1 saturated heterocycles. The van der Waals surface area contributed by atoms with Gasteiger partial charge in [0.15, 0.2) is 0 Å². The fraction of sp³-hybridized carbons (Fsp3) is 0.417. The minimum Gasteiger partial charge on any atom is -0.371 e. The van der Waals surface area contributed by atoms with Crippen LogP contribution in [0.15, 0.2) is 24.3 Å². The lowest BCUT2D eigenvalue weighted by Crippen LogP contribution is -2.33. The summed E-state index contributed by atoms with van der Waals surface area (Å²) in [6.45, 7) is 1.79. The maximum atomic E-state index is 12.7. The molecule has 1 fully saturated rings. The molecule has 0 radical (unpaired) electrons. The Bertz CT molecular complexity index is 358. The Hall–Kier alpha value is -1.56. The van der Waals surface area contributed by atoms with E-state index < -0.39 is 0 Å². The van der Waals surface area contributed by atoms with Crippen molar-refractivity contribution < 1.29 is 4.39 Å².